The Kier molecular flexibility index (Phi) is 5.05. The minimum absolute atomic E-state index is 0.135. The topological polar surface area (TPSA) is 38.8 Å². The summed E-state index contributed by atoms with van der Waals surface area (Å²) in [6.45, 7) is 8.58. The highest BCUT2D eigenvalue weighted by Gasteiger charge is 2.32. The number of hydrogen-bond donors (Lipinski definition) is 0. The Morgan fingerprint density at radius 2 is 2.00 bits per heavy atom. The van der Waals surface area contributed by atoms with Crippen LogP contribution < -0.4 is 9.47 Å². The second-order valence-electron chi connectivity index (χ2n) is 8.77. The molecule has 2 heterocycles. The molecule has 0 aliphatic carbocycles. The molecule has 2 aromatic rings. The van der Waals surface area contributed by atoms with E-state index >= 15 is 0 Å². The van der Waals surface area contributed by atoms with Gasteiger partial charge in [-0.05, 0) is 56.4 Å². The molecule has 0 saturated carbocycles. The van der Waals surface area contributed by atoms with Gasteiger partial charge in [0.1, 0.15) is 12.2 Å². The quantitative estimate of drug-likeness (QED) is 0.762. The van der Waals surface area contributed by atoms with Crippen LogP contribution >= 0.6 is 0 Å². The van der Waals surface area contributed by atoms with Gasteiger partial charge in [-0.3, -0.25) is 4.79 Å². The predicted molar refractivity (Wildman–Crippen MR) is 110 cm³/mol. The summed E-state index contributed by atoms with van der Waals surface area (Å²) in [6.07, 6.45) is 3.20. The largest absolute Gasteiger partial charge is 0.485 e. The number of carbonyl (C=O) groups is 1. The minimum Gasteiger partial charge on any atom is -0.485 e. The number of carbonyl (C=O) groups excluding carboxylic acids is 1. The first-order valence-corrected chi connectivity index (χ1v) is 10.2. The molecule has 2 aliphatic heterocycles. The SMILES string of the molecule is C[C@H]1CCCN(C(=O)c2ccc(COc3cccc4c3OC(C)(C)C4)cc2)C1. The number of likely N-dealkylation sites (tertiary alicyclic amines) is 1. The summed E-state index contributed by atoms with van der Waals surface area (Å²) in [5, 5.41) is 0. The zero-order valence-corrected chi connectivity index (χ0v) is 17.0. The fraction of sp³-hybridized carbons (Fsp3) is 0.458. The van der Waals surface area contributed by atoms with Crippen LogP contribution in [0.1, 0.15) is 55.1 Å². The molecule has 0 unspecified atom stereocenters. The summed E-state index contributed by atoms with van der Waals surface area (Å²) in [7, 11) is 0. The number of fused-ring (bicyclic) bond motifs is 1. The summed E-state index contributed by atoms with van der Waals surface area (Å²) in [5.41, 5.74) is 2.80. The Hall–Kier alpha value is -2.49. The molecule has 1 amide bonds. The predicted octanol–water partition coefficient (Wildman–Crippen LogP) is 4.85. The number of piperidine rings is 1. The standard InChI is InChI=1S/C24H29NO3/c1-17-6-5-13-25(15-17)23(26)19-11-9-18(10-12-19)16-27-21-8-4-7-20-14-24(2,3)28-22(20)21/h4,7-12,17H,5-6,13-16H2,1-3H3/t17-/m0/s1. The number of para-hydroxylation sites is 1. The number of rotatable bonds is 4. The van der Waals surface area contributed by atoms with E-state index in [1.165, 1.54) is 12.0 Å². The van der Waals surface area contributed by atoms with Crippen molar-refractivity contribution in [2.24, 2.45) is 5.92 Å². The van der Waals surface area contributed by atoms with E-state index in [0.717, 1.165) is 48.6 Å². The van der Waals surface area contributed by atoms with Crippen molar-refractivity contribution in [2.45, 2.75) is 52.2 Å². The molecule has 1 fully saturated rings. The molecule has 28 heavy (non-hydrogen) atoms. The Labute approximate surface area is 167 Å². The highest BCUT2D eigenvalue weighted by molar-refractivity contribution is 5.94. The molecule has 0 N–H and O–H groups in total. The highest BCUT2D eigenvalue weighted by atomic mass is 16.5. The third-order valence-electron chi connectivity index (χ3n) is 5.59. The Balaban J connectivity index is 1.40. The first kappa shape index (κ1) is 18.9. The number of ether oxygens (including phenoxy) is 2. The van der Waals surface area contributed by atoms with Crippen molar-refractivity contribution < 1.29 is 14.3 Å². The number of benzene rings is 2. The van der Waals surface area contributed by atoms with Crippen LogP contribution in [0.4, 0.5) is 0 Å². The molecule has 4 nitrogen and oxygen atoms in total. The van der Waals surface area contributed by atoms with Crippen LogP contribution in [0.3, 0.4) is 0 Å². The molecular weight excluding hydrogens is 350 g/mol. The maximum Gasteiger partial charge on any atom is 0.253 e. The number of nitrogens with zero attached hydrogens (tertiary/aromatic N) is 1. The zero-order valence-electron chi connectivity index (χ0n) is 17.0. The zero-order chi connectivity index (χ0) is 19.7. The molecule has 0 radical (unpaired) electrons. The van der Waals surface area contributed by atoms with Crippen molar-refractivity contribution in [3.63, 3.8) is 0 Å². The molecule has 0 spiro atoms. The number of amides is 1. The average molecular weight is 380 g/mol. The average Bonchev–Trinajstić information content (AvgIpc) is 3.00. The van der Waals surface area contributed by atoms with Gasteiger partial charge < -0.3 is 14.4 Å². The van der Waals surface area contributed by atoms with Crippen LogP contribution in [0.5, 0.6) is 11.5 Å². The lowest BCUT2D eigenvalue weighted by Gasteiger charge is -2.31. The smallest absolute Gasteiger partial charge is 0.253 e. The fourth-order valence-corrected chi connectivity index (χ4v) is 4.16. The van der Waals surface area contributed by atoms with E-state index in [9.17, 15) is 4.79 Å². The van der Waals surface area contributed by atoms with Crippen molar-refractivity contribution in [1.82, 2.24) is 4.90 Å². The van der Waals surface area contributed by atoms with E-state index in [0.29, 0.717) is 12.5 Å². The minimum atomic E-state index is -0.185. The van der Waals surface area contributed by atoms with Gasteiger partial charge in [-0.15, -0.1) is 0 Å². The van der Waals surface area contributed by atoms with Gasteiger partial charge in [-0.25, -0.2) is 0 Å². The van der Waals surface area contributed by atoms with Crippen LogP contribution in [0, 0.1) is 5.92 Å². The van der Waals surface area contributed by atoms with Gasteiger partial charge in [0.15, 0.2) is 11.5 Å². The molecule has 1 saturated heterocycles. The Morgan fingerprint density at radius 1 is 1.21 bits per heavy atom. The molecule has 0 aromatic heterocycles. The van der Waals surface area contributed by atoms with Gasteiger partial charge in [0.2, 0.25) is 0 Å². The van der Waals surface area contributed by atoms with E-state index in [-0.39, 0.29) is 11.5 Å². The molecule has 1 atom stereocenters. The van der Waals surface area contributed by atoms with Crippen molar-refractivity contribution in [3.8, 4) is 11.5 Å². The van der Waals surface area contributed by atoms with Crippen molar-refractivity contribution >= 4 is 5.91 Å². The van der Waals surface area contributed by atoms with E-state index in [1.54, 1.807) is 0 Å². The van der Waals surface area contributed by atoms with Gasteiger partial charge in [0.05, 0.1) is 0 Å². The van der Waals surface area contributed by atoms with Crippen molar-refractivity contribution in [3.05, 3.63) is 59.2 Å². The monoisotopic (exact) mass is 379 g/mol. The van der Waals surface area contributed by atoms with E-state index < -0.39 is 0 Å². The third kappa shape index (κ3) is 4.01. The van der Waals surface area contributed by atoms with Crippen LogP contribution in [0.15, 0.2) is 42.5 Å². The van der Waals surface area contributed by atoms with Crippen LogP contribution in [0.25, 0.3) is 0 Å². The van der Waals surface area contributed by atoms with E-state index in [1.807, 2.05) is 41.3 Å². The lowest BCUT2D eigenvalue weighted by atomic mass is 9.99. The third-order valence-corrected chi connectivity index (χ3v) is 5.59. The summed E-state index contributed by atoms with van der Waals surface area (Å²) >= 11 is 0. The summed E-state index contributed by atoms with van der Waals surface area (Å²) in [4.78, 5) is 14.7. The molecular formula is C24H29NO3. The van der Waals surface area contributed by atoms with Crippen LogP contribution in [0.2, 0.25) is 0 Å². The molecule has 148 valence electrons. The van der Waals surface area contributed by atoms with Gasteiger partial charge in [0.25, 0.3) is 5.91 Å². The Morgan fingerprint density at radius 3 is 2.75 bits per heavy atom. The maximum atomic E-state index is 12.7. The molecule has 4 heteroatoms. The summed E-state index contributed by atoms with van der Waals surface area (Å²) in [5.74, 6) is 2.37. The second kappa shape index (κ2) is 7.50. The van der Waals surface area contributed by atoms with Gasteiger partial charge in [-0.2, -0.15) is 0 Å². The lowest BCUT2D eigenvalue weighted by Crippen LogP contribution is -2.39. The normalized spacial score (nSPS) is 20.4. The Bertz CT molecular complexity index is 857. The van der Waals surface area contributed by atoms with Gasteiger partial charge in [0, 0.05) is 30.6 Å². The summed E-state index contributed by atoms with van der Waals surface area (Å²) in [6, 6.07) is 13.8. The van der Waals surface area contributed by atoms with Gasteiger partial charge in [-0.1, -0.05) is 31.2 Å². The number of hydrogen-bond acceptors (Lipinski definition) is 3. The van der Waals surface area contributed by atoms with Crippen LogP contribution in [-0.4, -0.2) is 29.5 Å². The van der Waals surface area contributed by atoms with E-state index in [2.05, 4.69) is 26.8 Å². The molecule has 4 rings (SSSR count). The van der Waals surface area contributed by atoms with Crippen LogP contribution in [-0.2, 0) is 13.0 Å². The fourth-order valence-electron chi connectivity index (χ4n) is 4.16. The first-order chi connectivity index (χ1) is 13.4. The molecule has 0 bridgehead atoms. The second-order valence-corrected chi connectivity index (χ2v) is 8.77. The lowest BCUT2D eigenvalue weighted by molar-refractivity contribution is 0.0683. The molecule has 2 aromatic carbocycles. The van der Waals surface area contributed by atoms with E-state index in [4.69, 9.17) is 9.47 Å². The maximum absolute atomic E-state index is 12.7. The van der Waals surface area contributed by atoms with Crippen molar-refractivity contribution in [2.75, 3.05) is 13.1 Å². The highest BCUT2D eigenvalue weighted by Crippen LogP contribution is 2.41. The first-order valence-electron chi connectivity index (χ1n) is 10.2. The molecule has 2 aliphatic rings. The van der Waals surface area contributed by atoms with Crippen molar-refractivity contribution in [1.29, 1.82) is 0 Å². The van der Waals surface area contributed by atoms with Gasteiger partial charge >= 0.3 is 0 Å². The summed E-state index contributed by atoms with van der Waals surface area (Å²) < 4.78 is 12.1.